The Hall–Kier alpha value is -4.49. The Bertz CT molecular complexity index is 1350. The van der Waals surface area contributed by atoms with Gasteiger partial charge in [0.1, 0.15) is 12.3 Å². The highest BCUT2D eigenvalue weighted by molar-refractivity contribution is 5.86. The number of benzene rings is 2. The second-order valence-electron chi connectivity index (χ2n) is 7.95. The molecule has 1 N–H and O–H groups in total. The summed E-state index contributed by atoms with van der Waals surface area (Å²) in [4.78, 5) is 39.1. The van der Waals surface area contributed by atoms with Crippen LogP contribution in [0.3, 0.4) is 0 Å². The fourth-order valence-corrected chi connectivity index (χ4v) is 3.80. The first kappa shape index (κ1) is 23.7. The van der Waals surface area contributed by atoms with Crippen LogP contribution in [0.1, 0.15) is 16.8 Å². The Labute approximate surface area is 201 Å². The highest BCUT2D eigenvalue weighted by Crippen LogP contribution is 2.19. The van der Waals surface area contributed by atoms with Gasteiger partial charge >= 0.3 is 6.09 Å². The van der Waals surface area contributed by atoms with E-state index in [0.717, 1.165) is 0 Å². The first-order valence-corrected chi connectivity index (χ1v) is 11.0. The van der Waals surface area contributed by atoms with Gasteiger partial charge in [-0.2, -0.15) is 10.4 Å². The minimum Gasteiger partial charge on any atom is -0.465 e. The van der Waals surface area contributed by atoms with Gasteiger partial charge < -0.3 is 14.7 Å². The van der Waals surface area contributed by atoms with E-state index in [9.17, 15) is 19.5 Å². The zero-order chi connectivity index (χ0) is 24.8. The topological polar surface area (TPSA) is 129 Å². The van der Waals surface area contributed by atoms with Gasteiger partial charge in [0.05, 0.1) is 23.9 Å². The molecular formula is C25H23N5O5. The lowest BCUT2D eigenvalue weighted by Crippen LogP contribution is -2.46. The van der Waals surface area contributed by atoms with Crippen LogP contribution in [0.15, 0.2) is 65.6 Å². The van der Waals surface area contributed by atoms with Crippen molar-refractivity contribution in [2.24, 2.45) is 0 Å². The van der Waals surface area contributed by atoms with Crippen LogP contribution in [0.4, 0.5) is 10.5 Å². The Morgan fingerprint density at radius 1 is 1.17 bits per heavy atom. The number of carboxylic acid groups (broad SMARTS) is 1. The van der Waals surface area contributed by atoms with Gasteiger partial charge in [-0.15, -0.1) is 0 Å². The molecule has 0 bridgehead atoms. The number of carbonyl (C=O) groups excluding carboxylic acids is 1. The largest absolute Gasteiger partial charge is 0.465 e. The van der Waals surface area contributed by atoms with E-state index in [1.54, 1.807) is 53.4 Å². The summed E-state index contributed by atoms with van der Waals surface area (Å²) in [7, 11) is 0. The Kier molecular flexibility index (Phi) is 7.18. The van der Waals surface area contributed by atoms with Crippen LogP contribution in [-0.2, 0) is 16.0 Å². The zero-order valence-electron chi connectivity index (χ0n) is 18.8. The lowest BCUT2D eigenvalue weighted by Gasteiger charge is -2.29. The van der Waals surface area contributed by atoms with Gasteiger partial charge in [0, 0.05) is 44.0 Å². The van der Waals surface area contributed by atoms with Gasteiger partial charge in [0.2, 0.25) is 11.3 Å². The fraction of sp³-hybridized carbons (Fsp3) is 0.240. The molecule has 2 heterocycles. The van der Waals surface area contributed by atoms with E-state index >= 15 is 0 Å². The summed E-state index contributed by atoms with van der Waals surface area (Å²) in [6.07, 6.45) is 0.596. The van der Waals surface area contributed by atoms with E-state index in [-0.39, 0.29) is 43.1 Å². The Morgan fingerprint density at radius 3 is 2.77 bits per heavy atom. The molecule has 4 rings (SSSR count). The Morgan fingerprint density at radius 2 is 2.00 bits per heavy atom. The van der Waals surface area contributed by atoms with Crippen molar-refractivity contribution in [2.75, 3.05) is 37.7 Å². The highest BCUT2D eigenvalue weighted by atomic mass is 16.5. The van der Waals surface area contributed by atoms with Crippen molar-refractivity contribution in [3.05, 3.63) is 87.8 Å². The summed E-state index contributed by atoms with van der Waals surface area (Å²) in [5.41, 5.74) is 2.31. The third-order valence-electron chi connectivity index (χ3n) is 5.62. The van der Waals surface area contributed by atoms with Crippen LogP contribution < -0.4 is 10.3 Å². The molecule has 3 aromatic rings. The molecule has 0 radical (unpaired) electrons. The van der Waals surface area contributed by atoms with Crippen LogP contribution >= 0.6 is 0 Å². The predicted octanol–water partition coefficient (Wildman–Crippen LogP) is 2.04. The minimum absolute atomic E-state index is 0.00493. The van der Waals surface area contributed by atoms with E-state index in [4.69, 9.17) is 10.00 Å². The Balaban J connectivity index is 1.54. The van der Waals surface area contributed by atoms with Gasteiger partial charge in [-0.25, -0.2) is 9.48 Å². The lowest BCUT2D eigenvalue weighted by molar-refractivity contribution is -0.142. The highest BCUT2D eigenvalue weighted by Gasteiger charge is 2.22. The number of hydrogen-bond acceptors (Lipinski definition) is 6. The van der Waals surface area contributed by atoms with E-state index in [1.165, 1.54) is 21.8 Å². The smallest absolute Gasteiger partial charge is 0.411 e. The fourth-order valence-electron chi connectivity index (χ4n) is 3.80. The molecule has 0 unspecified atom stereocenters. The molecule has 1 fully saturated rings. The van der Waals surface area contributed by atoms with Crippen LogP contribution in [-0.4, -0.2) is 64.6 Å². The average Bonchev–Trinajstić information content (AvgIpc) is 2.86. The van der Waals surface area contributed by atoms with Crippen molar-refractivity contribution >= 4 is 17.7 Å². The van der Waals surface area contributed by atoms with E-state index < -0.39 is 6.09 Å². The molecule has 10 heteroatoms. The van der Waals surface area contributed by atoms with Crippen molar-refractivity contribution in [2.45, 2.75) is 6.42 Å². The average molecular weight is 473 g/mol. The van der Waals surface area contributed by atoms with E-state index in [2.05, 4.69) is 11.2 Å². The number of carbonyl (C=O) groups is 2. The number of nitrogens with zero attached hydrogens (tertiary/aromatic N) is 5. The van der Waals surface area contributed by atoms with Crippen LogP contribution in [0.25, 0.3) is 5.69 Å². The van der Waals surface area contributed by atoms with E-state index in [0.29, 0.717) is 35.7 Å². The third kappa shape index (κ3) is 5.72. The maximum Gasteiger partial charge on any atom is 0.411 e. The summed E-state index contributed by atoms with van der Waals surface area (Å²) in [6.45, 7) is 1.22. The van der Waals surface area contributed by atoms with Gasteiger partial charge in [-0.3, -0.25) is 14.5 Å². The summed E-state index contributed by atoms with van der Waals surface area (Å²) in [6, 6.07) is 17.3. The number of morpholine rings is 1. The van der Waals surface area contributed by atoms with Gasteiger partial charge in [0.15, 0.2) is 0 Å². The molecule has 0 aliphatic carbocycles. The summed E-state index contributed by atoms with van der Waals surface area (Å²) < 4.78 is 6.64. The molecule has 1 aliphatic heterocycles. The molecule has 35 heavy (non-hydrogen) atoms. The van der Waals surface area contributed by atoms with Gasteiger partial charge in [-0.05, 0) is 35.9 Å². The normalized spacial score (nSPS) is 13.3. The van der Waals surface area contributed by atoms with Crippen LogP contribution in [0.5, 0.6) is 0 Å². The summed E-state index contributed by atoms with van der Waals surface area (Å²) >= 11 is 0. The minimum atomic E-state index is -1.14. The molecular weight excluding hydrogens is 450 g/mol. The number of anilines is 1. The monoisotopic (exact) mass is 473 g/mol. The van der Waals surface area contributed by atoms with Crippen molar-refractivity contribution in [3.63, 3.8) is 0 Å². The molecule has 1 aliphatic rings. The number of aromatic nitrogens is 2. The quantitative estimate of drug-likeness (QED) is 0.556. The lowest BCUT2D eigenvalue weighted by atomic mass is 10.1. The molecule has 2 aromatic carbocycles. The zero-order valence-corrected chi connectivity index (χ0v) is 18.8. The van der Waals surface area contributed by atoms with Crippen LogP contribution in [0, 0.1) is 11.3 Å². The second-order valence-corrected chi connectivity index (χ2v) is 7.95. The van der Waals surface area contributed by atoms with Crippen molar-refractivity contribution in [1.82, 2.24) is 14.7 Å². The van der Waals surface area contributed by atoms with Crippen molar-refractivity contribution in [1.29, 1.82) is 5.26 Å². The first-order valence-electron chi connectivity index (χ1n) is 11.0. The first-order chi connectivity index (χ1) is 16.9. The van der Waals surface area contributed by atoms with Crippen molar-refractivity contribution in [3.8, 4) is 11.8 Å². The molecule has 1 saturated heterocycles. The number of nitriles is 1. The maximum atomic E-state index is 12.5. The summed E-state index contributed by atoms with van der Waals surface area (Å²) in [5.74, 6) is -0.165. The number of hydrogen-bond donors (Lipinski definition) is 1. The number of ether oxygens (including phenoxy) is 1. The molecule has 0 saturated carbocycles. The standard InChI is InChI=1S/C25H23N5O5/c26-16-19-4-2-6-21(14-19)30-8-7-23(31)22(27-30)15-18-3-1-5-20(13-18)29(25(33)34)10-9-28-11-12-35-17-24(28)32/h1-8,13-14H,9-12,15,17H2,(H,33,34). The number of amides is 2. The molecule has 0 spiro atoms. The third-order valence-corrected chi connectivity index (χ3v) is 5.62. The molecule has 2 amide bonds. The molecule has 1 aromatic heterocycles. The van der Waals surface area contributed by atoms with Crippen molar-refractivity contribution < 1.29 is 19.4 Å². The SMILES string of the molecule is N#Cc1cccc(-n2ccc(=O)c(Cc3cccc(N(CCN4CCOCC4=O)C(=O)O)c3)n2)c1. The summed E-state index contributed by atoms with van der Waals surface area (Å²) in [5, 5.41) is 23.3. The van der Waals surface area contributed by atoms with Gasteiger partial charge in [-0.1, -0.05) is 18.2 Å². The maximum absolute atomic E-state index is 12.5. The molecule has 178 valence electrons. The number of rotatable bonds is 7. The van der Waals surface area contributed by atoms with Crippen LogP contribution in [0.2, 0.25) is 0 Å². The molecule has 10 nitrogen and oxygen atoms in total. The van der Waals surface area contributed by atoms with E-state index in [1.807, 2.05) is 0 Å². The van der Waals surface area contributed by atoms with Gasteiger partial charge in [0.25, 0.3) is 0 Å². The predicted molar refractivity (Wildman–Crippen MR) is 127 cm³/mol. The second kappa shape index (κ2) is 10.6. The molecule has 0 atom stereocenters.